The van der Waals surface area contributed by atoms with Gasteiger partial charge in [0.05, 0.1) is 12.4 Å². The smallest absolute Gasteiger partial charge is 0.216 e. The Morgan fingerprint density at radius 3 is 2.28 bits per heavy atom. The van der Waals surface area contributed by atoms with Gasteiger partial charge in [-0.2, -0.15) is 0 Å². The summed E-state index contributed by atoms with van der Waals surface area (Å²) in [6, 6.07) is 4.79. The van der Waals surface area contributed by atoms with Gasteiger partial charge in [0.15, 0.2) is 0 Å². The van der Waals surface area contributed by atoms with Gasteiger partial charge in [-0.1, -0.05) is 26.0 Å². The maximum atomic E-state index is 12.7. The molecule has 102 valence electrons. The van der Waals surface area contributed by atoms with Crippen molar-refractivity contribution in [2.45, 2.75) is 25.6 Å². The summed E-state index contributed by atoms with van der Waals surface area (Å²) in [6.07, 6.45) is 0. The number of aliphatic hydroxyl groups is 1. The number of benzene rings is 1. The van der Waals surface area contributed by atoms with Gasteiger partial charge < -0.3 is 5.11 Å². The highest BCUT2D eigenvalue weighted by molar-refractivity contribution is 7.88. The molecule has 6 heteroatoms. The predicted molar refractivity (Wildman–Crippen MR) is 67.9 cm³/mol. The predicted octanol–water partition coefficient (Wildman–Crippen LogP) is 1.26. The Kier molecular flexibility index (Phi) is 5.25. The molecule has 18 heavy (non-hydrogen) atoms. The summed E-state index contributed by atoms with van der Waals surface area (Å²) in [5, 5.41) is 9.09. The summed E-state index contributed by atoms with van der Waals surface area (Å²) >= 11 is 0. The second kappa shape index (κ2) is 6.26. The van der Waals surface area contributed by atoms with Gasteiger partial charge in [-0.25, -0.2) is 17.5 Å². The second-order valence-corrected chi connectivity index (χ2v) is 6.29. The quantitative estimate of drug-likeness (QED) is 0.821. The fraction of sp³-hybridized carbons (Fsp3) is 0.500. The van der Waals surface area contributed by atoms with Gasteiger partial charge in [-0.3, -0.25) is 0 Å². The minimum atomic E-state index is -3.54. The normalized spacial score (nSPS) is 13.8. The average molecular weight is 275 g/mol. The van der Waals surface area contributed by atoms with Crippen molar-refractivity contribution in [1.82, 2.24) is 4.72 Å². The topological polar surface area (TPSA) is 66.4 Å². The van der Waals surface area contributed by atoms with Crippen LogP contribution in [0.5, 0.6) is 0 Å². The van der Waals surface area contributed by atoms with Crippen molar-refractivity contribution >= 4 is 10.0 Å². The lowest BCUT2D eigenvalue weighted by Gasteiger charge is -2.19. The van der Waals surface area contributed by atoms with Crippen molar-refractivity contribution in [3.8, 4) is 0 Å². The highest BCUT2D eigenvalue weighted by atomic mass is 32.2. The van der Waals surface area contributed by atoms with Crippen molar-refractivity contribution in [1.29, 1.82) is 0 Å². The highest BCUT2D eigenvalue weighted by Gasteiger charge is 2.20. The van der Waals surface area contributed by atoms with Gasteiger partial charge in [0.1, 0.15) is 5.82 Å². The molecule has 0 amide bonds. The summed E-state index contributed by atoms with van der Waals surface area (Å²) in [4.78, 5) is 0. The number of hydrogen-bond donors (Lipinski definition) is 2. The molecule has 1 rings (SSSR count). The van der Waals surface area contributed by atoms with Gasteiger partial charge in [0.25, 0.3) is 0 Å². The van der Waals surface area contributed by atoms with Crippen LogP contribution in [0, 0.1) is 11.7 Å². The van der Waals surface area contributed by atoms with Crippen LogP contribution >= 0.6 is 0 Å². The molecule has 2 N–H and O–H groups in total. The van der Waals surface area contributed by atoms with Crippen LogP contribution < -0.4 is 4.72 Å². The number of aliphatic hydroxyl groups excluding tert-OH is 1. The molecule has 4 nitrogen and oxygen atoms in total. The van der Waals surface area contributed by atoms with Crippen LogP contribution in [0.3, 0.4) is 0 Å². The maximum Gasteiger partial charge on any atom is 0.216 e. The fourth-order valence-corrected chi connectivity index (χ4v) is 2.98. The van der Waals surface area contributed by atoms with E-state index in [0.717, 1.165) is 0 Å². The minimum absolute atomic E-state index is 0.00186. The summed E-state index contributed by atoms with van der Waals surface area (Å²) in [7, 11) is -3.54. The lowest BCUT2D eigenvalue weighted by molar-refractivity contribution is 0.227. The Hall–Kier alpha value is -0.980. The summed E-state index contributed by atoms with van der Waals surface area (Å²) < 4.78 is 38.8. The van der Waals surface area contributed by atoms with Crippen molar-refractivity contribution in [2.24, 2.45) is 5.92 Å². The standard InChI is InChI=1S/C12H18FNO3S/c1-9(2)12(7-15)14-18(16,17)8-10-3-5-11(13)6-4-10/h3-6,9,12,14-15H,7-8H2,1-2H3/t12-/m1/s1. The maximum absolute atomic E-state index is 12.7. The Balaban J connectivity index is 2.73. The fourth-order valence-electron chi connectivity index (χ4n) is 1.46. The molecule has 1 aromatic rings. The third-order valence-corrected chi connectivity index (χ3v) is 3.98. The third-order valence-electron chi connectivity index (χ3n) is 2.60. The number of halogens is 1. The van der Waals surface area contributed by atoms with E-state index in [-0.39, 0.29) is 18.3 Å². The van der Waals surface area contributed by atoms with E-state index in [9.17, 15) is 12.8 Å². The average Bonchev–Trinajstić information content (AvgIpc) is 2.28. The lowest BCUT2D eigenvalue weighted by Crippen LogP contribution is -2.41. The molecular formula is C12H18FNO3S. The van der Waals surface area contributed by atoms with E-state index in [1.807, 2.05) is 13.8 Å². The molecule has 0 aromatic heterocycles. The van der Waals surface area contributed by atoms with Crippen LogP contribution in [0.4, 0.5) is 4.39 Å². The molecule has 0 spiro atoms. The van der Waals surface area contributed by atoms with Crippen LogP contribution in [0.15, 0.2) is 24.3 Å². The van der Waals surface area contributed by atoms with Gasteiger partial charge in [-0.15, -0.1) is 0 Å². The Morgan fingerprint density at radius 1 is 1.28 bits per heavy atom. The molecule has 0 fully saturated rings. The zero-order valence-electron chi connectivity index (χ0n) is 10.4. The molecule has 0 heterocycles. The van der Waals surface area contributed by atoms with Crippen molar-refractivity contribution < 1.29 is 17.9 Å². The number of rotatable bonds is 6. The largest absolute Gasteiger partial charge is 0.395 e. The highest BCUT2D eigenvalue weighted by Crippen LogP contribution is 2.09. The zero-order chi connectivity index (χ0) is 13.8. The first-order chi connectivity index (χ1) is 8.34. The van der Waals surface area contributed by atoms with Crippen LogP contribution in [0.2, 0.25) is 0 Å². The van der Waals surface area contributed by atoms with E-state index in [0.29, 0.717) is 5.56 Å². The molecule has 0 aliphatic rings. The number of hydrogen-bond acceptors (Lipinski definition) is 3. The van der Waals surface area contributed by atoms with Crippen LogP contribution in [-0.4, -0.2) is 26.2 Å². The number of nitrogens with one attached hydrogen (secondary N) is 1. The summed E-state index contributed by atoms with van der Waals surface area (Å²) in [5.41, 5.74) is 0.504. The minimum Gasteiger partial charge on any atom is -0.395 e. The molecule has 0 unspecified atom stereocenters. The molecule has 1 atom stereocenters. The summed E-state index contributed by atoms with van der Waals surface area (Å²) in [5.74, 6) is -0.631. The monoisotopic (exact) mass is 275 g/mol. The molecule has 1 aromatic carbocycles. The Labute approximate surface area is 107 Å². The molecule has 0 saturated heterocycles. The zero-order valence-corrected chi connectivity index (χ0v) is 11.2. The van der Waals surface area contributed by atoms with Crippen LogP contribution in [0.1, 0.15) is 19.4 Å². The Bertz CT molecular complexity index is 471. The van der Waals surface area contributed by atoms with Crippen LogP contribution in [-0.2, 0) is 15.8 Å². The van der Waals surface area contributed by atoms with Crippen molar-refractivity contribution in [2.75, 3.05) is 6.61 Å². The first-order valence-electron chi connectivity index (χ1n) is 5.69. The van der Waals surface area contributed by atoms with Gasteiger partial charge in [0.2, 0.25) is 10.0 Å². The summed E-state index contributed by atoms with van der Waals surface area (Å²) in [6.45, 7) is 3.39. The van der Waals surface area contributed by atoms with E-state index in [1.165, 1.54) is 24.3 Å². The van der Waals surface area contributed by atoms with Crippen LogP contribution in [0.25, 0.3) is 0 Å². The van der Waals surface area contributed by atoms with Crippen molar-refractivity contribution in [3.05, 3.63) is 35.6 Å². The van der Waals surface area contributed by atoms with E-state index < -0.39 is 21.9 Å². The SMILES string of the molecule is CC(C)[C@@H](CO)NS(=O)(=O)Cc1ccc(F)cc1. The molecule has 0 radical (unpaired) electrons. The number of sulfonamides is 1. The van der Waals surface area contributed by atoms with Gasteiger partial charge in [0, 0.05) is 6.04 Å². The molecule has 0 bridgehead atoms. The van der Waals surface area contributed by atoms with E-state index in [1.54, 1.807) is 0 Å². The van der Waals surface area contributed by atoms with Gasteiger partial charge >= 0.3 is 0 Å². The molecule has 0 saturated carbocycles. The first kappa shape index (κ1) is 15.1. The lowest BCUT2D eigenvalue weighted by atomic mass is 10.1. The third kappa shape index (κ3) is 4.72. The van der Waals surface area contributed by atoms with E-state index >= 15 is 0 Å². The van der Waals surface area contributed by atoms with E-state index in [2.05, 4.69) is 4.72 Å². The van der Waals surface area contributed by atoms with Gasteiger partial charge in [-0.05, 0) is 23.6 Å². The molecule has 0 aliphatic carbocycles. The second-order valence-electron chi connectivity index (χ2n) is 4.54. The molecule has 0 aliphatic heterocycles. The van der Waals surface area contributed by atoms with Crippen molar-refractivity contribution in [3.63, 3.8) is 0 Å². The first-order valence-corrected chi connectivity index (χ1v) is 7.34. The molecular weight excluding hydrogens is 257 g/mol. The Morgan fingerprint density at radius 2 is 1.83 bits per heavy atom. The van der Waals surface area contributed by atoms with E-state index in [4.69, 9.17) is 5.11 Å².